The van der Waals surface area contributed by atoms with Gasteiger partial charge in [0.2, 0.25) is 5.91 Å². The highest BCUT2D eigenvalue weighted by molar-refractivity contribution is 7.10. The minimum Gasteiger partial charge on any atom is -0.366 e. The summed E-state index contributed by atoms with van der Waals surface area (Å²) in [7, 11) is 0. The number of carbonyl (C=O) groups excluding carboxylic acids is 2. The molecule has 0 saturated heterocycles. The third kappa shape index (κ3) is 4.12. The number of rotatable bonds is 5. The van der Waals surface area contributed by atoms with Gasteiger partial charge in [-0.1, -0.05) is 0 Å². The fourth-order valence-corrected chi connectivity index (χ4v) is 3.61. The predicted molar refractivity (Wildman–Crippen MR) is 95.3 cm³/mol. The Labute approximate surface area is 144 Å². The third-order valence-electron chi connectivity index (χ3n) is 4.03. The second-order valence-corrected chi connectivity index (χ2v) is 6.72. The van der Waals surface area contributed by atoms with Gasteiger partial charge < -0.3 is 16.4 Å². The number of nitrogens with zero attached hydrogens (tertiary/aromatic N) is 1. The lowest BCUT2D eigenvalue weighted by Crippen LogP contribution is -2.38. The lowest BCUT2D eigenvalue weighted by atomic mass is 10.1. The minimum absolute atomic E-state index is 0.255. The van der Waals surface area contributed by atoms with Crippen molar-refractivity contribution in [2.24, 2.45) is 5.73 Å². The van der Waals surface area contributed by atoms with Crippen LogP contribution in [0.5, 0.6) is 0 Å². The molecule has 0 unspecified atom stereocenters. The van der Waals surface area contributed by atoms with Gasteiger partial charge >= 0.3 is 6.03 Å². The van der Waals surface area contributed by atoms with Gasteiger partial charge in [0.1, 0.15) is 0 Å². The first-order chi connectivity index (χ1) is 11.6. The Balaban J connectivity index is 1.40. The Kier molecular flexibility index (Phi) is 5.12. The smallest absolute Gasteiger partial charge is 0.319 e. The highest BCUT2D eigenvalue weighted by atomic mass is 32.1. The van der Waals surface area contributed by atoms with Crippen molar-refractivity contribution in [3.05, 3.63) is 51.7 Å². The molecule has 0 bridgehead atoms. The van der Waals surface area contributed by atoms with Crippen LogP contribution in [0.2, 0.25) is 0 Å². The molecule has 0 atom stereocenters. The van der Waals surface area contributed by atoms with E-state index in [-0.39, 0.29) is 6.03 Å². The van der Waals surface area contributed by atoms with Gasteiger partial charge in [-0.2, -0.15) is 0 Å². The third-order valence-corrected chi connectivity index (χ3v) is 5.05. The molecule has 3 rings (SSSR count). The highest BCUT2D eigenvalue weighted by Crippen LogP contribution is 2.23. The number of hydrogen-bond acceptors (Lipinski definition) is 4. The van der Waals surface area contributed by atoms with Crippen LogP contribution >= 0.6 is 11.3 Å². The Hall–Kier alpha value is -2.38. The second-order valence-electron chi connectivity index (χ2n) is 5.72. The molecule has 24 heavy (non-hydrogen) atoms. The first kappa shape index (κ1) is 16.5. The van der Waals surface area contributed by atoms with Crippen LogP contribution in [0.4, 0.5) is 10.5 Å². The molecule has 0 saturated carbocycles. The van der Waals surface area contributed by atoms with E-state index in [9.17, 15) is 9.59 Å². The predicted octanol–water partition coefficient (Wildman–Crippen LogP) is 2.03. The summed E-state index contributed by atoms with van der Waals surface area (Å²) < 4.78 is 0. The SMILES string of the molecule is NC(=O)c1ccc(NC(=O)NCCN2CCc3sccc3C2)cc1. The second kappa shape index (κ2) is 7.46. The van der Waals surface area contributed by atoms with E-state index in [2.05, 4.69) is 27.0 Å². The van der Waals surface area contributed by atoms with Crippen LogP contribution in [0.15, 0.2) is 35.7 Å². The van der Waals surface area contributed by atoms with E-state index in [1.165, 1.54) is 10.4 Å². The molecule has 1 aliphatic heterocycles. The summed E-state index contributed by atoms with van der Waals surface area (Å²) in [5.74, 6) is -0.485. The van der Waals surface area contributed by atoms with Crippen molar-refractivity contribution in [2.45, 2.75) is 13.0 Å². The zero-order chi connectivity index (χ0) is 16.9. The van der Waals surface area contributed by atoms with Gasteiger partial charge in [-0.05, 0) is 47.7 Å². The summed E-state index contributed by atoms with van der Waals surface area (Å²) in [6.07, 6.45) is 1.09. The molecule has 7 heteroatoms. The van der Waals surface area contributed by atoms with Gasteiger partial charge in [0.05, 0.1) is 0 Å². The van der Waals surface area contributed by atoms with Gasteiger partial charge in [0.25, 0.3) is 0 Å². The van der Waals surface area contributed by atoms with Crippen LogP contribution in [0.3, 0.4) is 0 Å². The molecule has 0 fully saturated rings. The zero-order valence-corrected chi connectivity index (χ0v) is 14.1. The molecule has 0 aliphatic carbocycles. The Bertz CT molecular complexity index is 726. The first-order valence-corrected chi connectivity index (χ1v) is 8.72. The van der Waals surface area contributed by atoms with Crippen LogP contribution in [-0.2, 0) is 13.0 Å². The van der Waals surface area contributed by atoms with Crippen molar-refractivity contribution < 1.29 is 9.59 Å². The number of fused-ring (bicyclic) bond motifs is 1. The summed E-state index contributed by atoms with van der Waals surface area (Å²) in [6, 6.07) is 8.41. The summed E-state index contributed by atoms with van der Waals surface area (Å²) in [4.78, 5) is 26.7. The van der Waals surface area contributed by atoms with Gasteiger partial charge in [-0.15, -0.1) is 11.3 Å². The van der Waals surface area contributed by atoms with Crippen molar-refractivity contribution in [2.75, 3.05) is 25.0 Å². The number of benzene rings is 1. The molecule has 1 aromatic carbocycles. The quantitative estimate of drug-likeness (QED) is 0.775. The number of primary amides is 1. The topological polar surface area (TPSA) is 87.5 Å². The standard InChI is InChI=1S/C17H20N4O2S/c18-16(22)12-1-3-14(4-2-12)20-17(23)19-7-9-21-8-5-15-13(11-21)6-10-24-15/h1-4,6,10H,5,7-9,11H2,(H2,18,22)(H2,19,20,23). The number of anilines is 1. The highest BCUT2D eigenvalue weighted by Gasteiger charge is 2.16. The fraction of sp³-hybridized carbons (Fsp3) is 0.294. The number of nitrogens with one attached hydrogen (secondary N) is 2. The van der Waals surface area contributed by atoms with Crippen LogP contribution in [0.1, 0.15) is 20.8 Å². The van der Waals surface area contributed by atoms with E-state index in [4.69, 9.17) is 5.73 Å². The molecule has 2 heterocycles. The van der Waals surface area contributed by atoms with Crippen LogP contribution < -0.4 is 16.4 Å². The summed E-state index contributed by atoms with van der Waals surface area (Å²) in [5.41, 5.74) is 7.63. The number of amides is 3. The maximum atomic E-state index is 11.9. The molecule has 0 radical (unpaired) electrons. The fourth-order valence-electron chi connectivity index (χ4n) is 2.72. The normalized spacial score (nSPS) is 14.0. The van der Waals surface area contributed by atoms with Gasteiger partial charge in [-0.25, -0.2) is 4.79 Å². The van der Waals surface area contributed by atoms with Crippen LogP contribution in [-0.4, -0.2) is 36.5 Å². The number of carbonyl (C=O) groups is 2. The van der Waals surface area contributed by atoms with E-state index in [0.29, 0.717) is 17.8 Å². The minimum atomic E-state index is -0.485. The number of urea groups is 1. The first-order valence-electron chi connectivity index (χ1n) is 7.84. The summed E-state index contributed by atoms with van der Waals surface area (Å²) in [5, 5.41) is 7.73. The van der Waals surface area contributed by atoms with E-state index in [1.54, 1.807) is 24.3 Å². The van der Waals surface area contributed by atoms with Crippen molar-refractivity contribution in [3.63, 3.8) is 0 Å². The van der Waals surface area contributed by atoms with Gasteiger partial charge in [0, 0.05) is 42.3 Å². The molecule has 126 valence electrons. The Morgan fingerprint density at radius 1 is 1.21 bits per heavy atom. The molecule has 3 amide bonds. The molecule has 1 aliphatic rings. The number of nitrogens with two attached hydrogens (primary N) is 1. The Morgan fingerprint density at radius 3 is 2.75 bits per heavy atom. The van der Waals surface area contributed by atoms with E-state index >= 15 is 0 Å². The zero-order valence-electron chi connectivity index (χ0n) is 13.2. The van der Waals surface area contributed by atoms with E-state index < -0.39 is 5.91 Å². The summed E-state index contributed by atoms with van der Waals surface area (Å²) in [6.45, 7) is 3.40. The molecule has 0 spiro atoms. The lowest BCUT2D eigenvalue weighted by Gasteiger charge is -2.26. The van der Waals surface area contributed by atoms with E-state index in [0.717, 1.165) is 26.1 Å². The van der Waals surface area contributed by atoms with E-state index in [1.807, 2.05) is 11.3 Å². The molecule has 2 aromatic rings. The average Bonchev–Trinajstić information content (AvgIpc) is 3.03. The monoisotopic (exact) mass is 344 g/mol. The van der Waals surface area contributed by atoms with Crippen LogP contribution in [0.25, 0.3) is 0 Å². The van der Waals surface area contributed by atoms with Crippen molar-refractivity contribution in [3.8, 4) is 0 Å². The molecular formula is C17H20N4O2S. The van der Waals surface area contributed by atoms with Gasteiger partial charge in [0.15, 0.2) is 0 Å². The summed E-state index contributed by atoms with van der Waals surface area (Å²) >= 11 is 1.82. The molecule has 1 aromatic heterocycles. The average molecular weight is 344 g/mol. The van der Waals surface area contributed by atoms with Crippen LogP contribution in [0, 0.1) is 0 Å². The molecule has 4 N–H and O–H groups in total. The lowest BCUT2D eigenvalue weighted by molar-refractivity contribution is 0.100. The largest absolute Gasteiger partial charge is 0.366 e. The van der Waals surface area contributed by atoms with Crippen molar-refractivity contribution >= 4 is 29.0 Å². The van der Waals surface area contributed by atoms with Crippen molar-refractivity contribution in [1.82, 2.24) is 10.2 Å². The number of thiophene rings is 1. The molecular weight excluding hydrogens is 324 g/mol. The number of hydrogen-bond donors (Lipinski definition) is 3. The molecule has 6 nitrogen and oxygen atoms in total. The maximum absolute atomic E-state index is 11.9. The van der Waals surface area contributed by atoms with Crippen molar-refractivity contribution in [1.29, 1.82) is 0 Å². The Morgan fingerprint density at radius 2 is 2.00 bits per heavy atom. The van der Waals surface area contributed by atoms with Gasteiger partial charge in [-0.3, -0.25) is 9.69 Å². The maximum Gasteiger partial charge on any atom is 0.319 e.